The van der Waals surface area contributed by atoms with Crippen LogP contribution in [0.15, 0.2) is 16.3 Å². The van der Waals surface area contributed by atoms with Gasteiger partial charge in [-0.05, 0) is 12.5 Å². The Labute approximate surface area is 109 Å². The summed E-state index contributed by atoms with van der Waals surface area (Å²) < 4.78 is 0. The lowest BCUT2D eigenvalue weighted by molar-refractivity contribution is -0.127. The Balaban J connectivity index is 2.20. The molecule has 0 bridgehead atoms. The van der Waals surface area contributed by atoms with Gasteiger partial charge >= 0.3 is 0 Å². The van der Waals surface area contributed by atoms with Gasteiger partial charge in [0.05, 0.1) is 4.88 Å². The monoisotopic (exact) mass is 270 g/mol. The summed E-state index contributed by atoms with van der Waals surface area (Å²) in [7, 11) is 0. The van der Waals surface area contributed by atoms with E-state index in [1.54, 1.807) is 11.0 Å². The number of piperazine rings is 1. The molecule has 92 valence electrons. The minimum atomic E-state index is -0.346. The Morgan fingerprint density at radius 3 is 3.06 bits per heavy atom. The molecular weight excluding hydrogens is 256 g/mol. The number of nitrogens with zero attached hydrogens (tertiary/aromatic N) is 1. The van der Waals surface area contributed by atoms with E-state index >= 15 is 0 Å². The van der Waals surface area contributed by atoms with Crippen molar-refractivity contribution in [2.75, 3.05) is 13.1 Å². The summed E-state index contributed by atoms with van der Waals surface area (Å²) in [5, 5.41) is 4.60. The lowest BCUT2D eigenvalue weighted by atomic mass is 10.1. The van der Waals surface area contributed by atoms with E-state index < -0.39 is 0 Å². The van der Waals surface area contributed by atoms with Gasteiger partial charge in [0, 0.05) is 23.4 Å². The Morgan fingerprint density at radius 2 is 2.47 bits per heavy atom. The number of hydrogen-bond acceptors (Lipinski definition) is 4. The number of carbonyl (C=O) groups excluding carboxylic acids is 2. The molecule has 6 heteroatoms. The van der Waals surface area contributed by atoms with E-state index in [-0.39, 0.29) is 17.9 Å². The van der Waals surface area contributed by atoms with Gasteiger partial charge < -0.3 is 10.2 Å². The lowest BCUT2D eigenvalue weighted by Crippen LogP contribution is -2.56. The maximum absolute atomic E-state index is 12.3. The Hall–Kier alpha value is -1.01. The number of hydrogen-bond donors (Lipinski definition) is 2. The first-order chi connectivity index (χ1) is 8.13. The third-order valence-corrected chi connectivity index (χ3v) is 4.13. The van der Waals surface area contributed by atoms with Crippen LogP contribution in [0.3, 0.4) is 0 Å². The Morgan fingerprint density at radius 1 is 1.71 bits per heavy atom. The van der Waals surface area contributed by atoms with E-state index in [0.29, 0.717) is 24.4 Å². The molecule has 1 aliphatic heterocycles. The average Bonchev–Trinajstić information content (AvgIpc) is 2.74. The average molecular weight is 270 g/mol. The molecule has 0 saturated carbocycles. The number of thiophene rings is 1. The molecule has 1 fully saturated rings. The van der Waals surface area contributed by atoms with Crippen molar-refractivity contribution in [3.05, 3.63) is 16.3 Å². The molecule has 1 aromatic heterocycles. The molecule has 0 aromatic carbocycles. The summed E-state index contributed by atoms with van der Waals surface area (Å²) in [5.41, 5.74) is 0. The fourth-order valence-corrected chi connectivity index (χ4v) is 3.05. The van der Waals surface area contributed by atoms with Crippen LogP contribution in [0.5, 0.6) is 0 Å². The highest BCUT2D eigenvalue weighted by molar-refractivity contribution is 7.80. The van der Waals surface area contributed by atoms with Crippen molar-refractivity contribution in [3.8, 4) is 0 Å². The first-order valence-corrected chi connectivity index (χ1v) is 6.82. The molecule has 2 amide bonds. The normalized spacial score (nSPS) is 20.2. The van der Waals surface area contributed by atoms with Crippen LogP contribution in [0, 0.1) is 0 Å². The highest BCUT2D eigenvalue weighted by Gasteiger charge is 2.32. The zero-order valence-electron chi connectivity index (χ0n) is 9.47. The van der Waals surface area contributed by atoms with Crippen LogP contribution in [0.4, 0.5) is 0 Å². The van der Waals surface area contributed by atoms with E-state index in [0.717, 1.165) is 4.90 Å². The van der Waals surface area contributed by atoms with Crippen molar-refractivity contribution < 1.29 is 9.59 Å². The van der Waals surface area contributed by atoms with Gasteiger partial charge in [0.2, 0.25) is 5.91 Å². The summed E-state index contributed by atoms with van der Waals surface area (Å²) in [4.78, 5) is 27.0. The molecule has 1 N–H and O–H groups in total. The lowest BCUT2D eigenvalue weighted by Gasteiger charge is -2.34. The fourth-order valence-electron chi connectivity index (χ4n) is 1.94. The molecule has 2 rings (SSSR count). The maximum Gasteiger partial charge on any atom is 0.264 e. The first-order valence-electron chi connectivity index (χ1n) is 5.49. The SMILES string of the molecule is CCC1C(=O)NCCN1C(=O)c1cc(S)cs1. The van der Waals surface area contributed by atoms with Crippen LogP contribution in [-0.4, -0.2) is 35.8 Å². The van der Waals surface area contributed by atoms with E-state index in [2.05, 4.69) is 17.9 Å². The van der Waals surface area contributed by atoms with Crippen molar-refractivity contribution in [1.29, 1.82) is 0 Å². The molecule has 1 aliphatic rings. The van der Waals surface area contributed by atoms with Gasteiger partial charge in [-0.15, -0.1) is 24.0 Å². The van der Waals surface area contributed by atoms with E-state index in [9.17, 15) is 9.59 Å². The zero-order valence-corrected chi connectivity index (χ0v) is 11.2. The summed E-state index contributed by atoms with van der Waals surface area (Å²) >= 11 is 5.55. The Kier molecular flexibility index (Phi) is 3.73. The predicted octanol–water partition coefficient (Wildman–Crippen LogP) is 1.39. The van der Waals surface area contributed by atoms with Crippen LogP contribution < -0.4 is 5.32 Å². The van der Waals surface area contributed by atoms with Crippen molar-refractivity contribution in [2.24, 2.45) is 0 Å². The van der Waals surface area contributed by atoms with Crippen molar-refractivity contribution in [3.63, 3.8) is 0 Å². The summed E-state index contributed by atoms with van der Waals surface area (Å²) in [6.07, 6.45) is 0.636. The highest BCUT2D eigenvalue weighted by atomic mass is 32.1. The smallest absolute Gasteiger partial charge is 0.264 e. The quantitative estimate of drug-likeness (QED) is 0.798. The van der Waals surface area contributed by atoms with E-state index in [4.69, 9.17) is 0 Å². The van der Waals surface area contributed by atoms with E-state index in [1.165, 1.54) is 11.3 Å². The van der Waals surface area contributed by atoms with Crippen LogP contribution in [0.2, 0.25) is 0 Å². The van der Waals surface area contributed by atoms with Gasteiger partial charge in [-0.3, -0.25) is 9.59 Å². The van der Waals surface area contributed by atoms with Gasteiger partial charge in [-0.1, -0.05) is 6.92 Å². The molecule has 0 radical (unpaired) electrons. The summed E-state index contributed by atoms with van der Waals surface area (Å²) in [5.74, 6) is -0.133. The molecule has 1 saturated heterocycles. The maximum atomic E-state index is 12.3. The minimum Gasteiger partial charge on any atom is -0.353 e. The second-order valence-corrected chi connectivity index (χ2v) is 5.31. The van der Waals surface area contributed by atoms with Gasteiger partial charge in [-0.2, -0.15) is 0 Å². The van der Waals surface area contributed by atoms with Crippen molar-refractivity contribution in [2.45, 2.75) is 24.3 Å². The molecule has 0 aliphatic carbocycles. The number of amides is 2. The van der Waals surface area contributed by atoms with Gasteiger partial charge in [0.25, 0.3) is 5.91 Å². The minimum absolute atomic E-state index is 0.0604. The molecule has 17 heavy (non-hydrogen) atoms. The molecule has 1 unspecified atom stereocenters. The van der Waals surface area contributed by atoms with Crippen molar-refractivity contribution in [1.82, 2.24) is 10.2 Å². The first kappa shape index (κ1) is 12.4. The van der Waals surface area contributed by atoms with Gasteiger partial charge in [0.15, 0.2) is 0 Å². The molecule has 1 atom stereocenters. The topological polar surface area (TPSA) is 49.4 Å². The zero-order chi connectivity index (χ0) is 12.4. The van der Waals surface area contributed by atoms with Crippen LogP contribution in [0.25, 0.3) is 0 Å². The van der Waals surface area contributed by atoms with Gasteiger partial charge in [0.1, 0.15) is 6.04 Å². The second kappa shape index (κ2) is 5.10. The standard InChI is InChI=1S/C11H14N2O2S2/c1-2-8-10(14)12-3-4-13(8)11(15)9-5-7(16)6-17-9/h5-6,8,16H,2-4H2,1H3,(H,12,14). The van der Waals surface area contributed by atoms with Crippen LogP contribution >= 0.6 is 24.0 Å². The summed E-state index contributed by atoms with van der Waals surface area (Å²) in [6.45, 7) is 3.01. The molecule has 0 spiro atoms. The van der Waals surface area contributed by atoms with E-state index in [1.807, 2.05) is 12.3 Å². The highest BCUT2D eigenvalue weighted by Crippen LogP contribution is 2.21. The third kappa shape index (κ3) is 2.47. The summed E-state index contributed by atoms with van der Waals surface area (Å²) in [6, 6.07) is 1.40. The number of thiol groups is 1. The predicted molar refractivity (Wildman–Crippen MR) is 69.7 cm³/mol. The number of carbonyl (C=O) groups is 2. The Bertz CT molecular complexity index is 444. The number of nitrogens with one attached hydrogen (secondary N) is 1. The second-order valence-electron chi connectivity index (χ2n) is 3.88. The largest absolute Gasteiger partial charge is 0.353 e. The van der Waals surface area contributed by atoms with Crippen LogP contribution in [-0.2, 0) is 4.79 Å². The molecule has 4 nitrogen and oxygen atoms in total. The molecular formula is C11H14N2O2S2. The van der Waals surface area contributed by atoms with Crippen molar-refractivity contribution >= 4 is 35.8 Å². The fraction of sp³-hybridized carbons (Fsp3) is 0.455. The number of rotatable bonds is 2. The van der Waals surface area contributed by atoms with Crippen LogP contribution in [0.1, 0.15) is 23.0 Å². The molecule has 1 aromatic rings. The third-order valence-electron chi connectivity index (χ3n) is 2.77. The molecule has 2 heterocycles. The van der Waals surface area contributed by atoms with Gasteiger partial charge in [-0.25, -0.2) is 0 Å².